The summed E-state index contributed by atoms with van der Waals surface area (Å²) in [6.07, 6.45) is 4.38. The van der Waals surface area contributed by atoms with Gasteiger partial charge in [-0.25, -0.2) is 4.39 Å². The van der Waals surface area contributed by atoms with Gasteiger partial charge < -0.3 is 10.2 Å². The Kier molecular flexibility index (Phi) is 6.71. The maximum absolute atomic E-state index is 13.0. The fraction of sp³-hybridized carbons (Fsp3) is 0.286. The number of hydrogen-bond acceptors (Lipinski definition) is 3. The number of anilines is 1. The number of halogens is 1. The number of nitrogens with zero attached hydrogens (tertiary/aromatic N) is 1. The third-order valence-electron chi connectivity index (χ3n) is 4.59. The van der Waals surface area contributed by atoms with E-state index in [1.807, 2.05) is 4.90 Å². The smallest absolute Gasteiger partial charge is 0.257 e. The molecule has 1 aliphatic heterocycles. The van der Waals surface area contributed by atoms with Crippen molar-refractivity contribution in [2.75, 3.05) is 18.4 Å². The predicted octanol–water partition coefficient (Wildman–Crippen LogP) is 3.97. The summed E-state index contributed by atoms with van der Waals surface area (Å²) >= 11 is 5.18. The Bertz CT molecular complexity index is 862. The van der Waals surface area contributed by atoms with Crippen LogP contribution >= 0.6 is 12.2 Å². The van der Waals surface area contributed by atoms with Crippen molar-refractivity contribution in [3.05, 3.63) is 65.5 Å². The molecule has 0 spiro atoms. The molecule has 0 unspecified atom stereocenters. The fourth-order valence-corrected chi connectivity index (χ4v) is 3.34. The fourth-order valence-electron chi connectivity index (χ4n) is 3.13. The predicted molar refractivity (Wildman–Crippen MR) is 111 cm³/mol. The lowest BCUT2D eigenvalue weighted by atomic mass is 10.1. The molecule has 7 heteroatoms. The number of hydrogen-bond donors (Lipinski definition) is 2. The summed E-state index contributed by atoms with van der Waals surface area (Å²) in [5, 5.41) is 5.57. The molecule has 0 aromatic heterocycles. The Hall–Kier alpha value is -2.80. The van der Waals surface area contributed by atoms with Crippen LogP contribution < -0.4 is 10.6 Å². The second-order valence-corrected chi connectivity index (χ2v) is 7.11. The maximum atomic E-state index is 13.0. The van der Waals surface area contributed by atoms with Crippen LogP contribution in [-0.4, -0.2) is 34.9 Å². The summed E-state index contributed by atoms with van der Waals surface area (Å²) in [6, 6.07) is 12.2. The molecule has 2 amide bonds. The Morgan fingerprint density at radius 2 is 1.61 bits per heavy atom. The highest BCUT2D eigenvalue weighted by atomic mass is 32.1. The monoisotopic (exact) mass is 399 g/mol. The Morgan fingerprint density at radius 1 is 0.929 bits per heavy atom. The zero-order valence-corrected chi connectivity index (χ0v) is 16.2. The van der Waals surface area contributed by atoms with Gasteiger partial charge in [-0.05, 0) is 67.5 Å². The number of benzene rings is 2. The van der Waals surface area contributed by atoms with Gasteiger partial charge in [0.05, 0.1) is 0 Å². The van der Waals surface area contributed by atoms with Crippen molar-refractivity contribution in [1.29, 1.82) is 0 Å². The van der Waals surface area contributed by atoms with Crippen LogP contribution in [0.3, 0.4) is 0 Å². The number of likely N-dealkylation sites (tertiary alicyclic amines) is 1. The third-order valence-corrected chi connectivity index (χ3v) is 4.80. The molecule has 3 rings (SSSR count). The first-order valence-corrected chi connectivity index (χ1v) is 9.71. The standard InChI is InChI=1S/C21H22FN3O2S/c22-17-10-8-15(9-11-17)19(26)24-21(28)23-18-7-5-6-16(14-18)20(27)25-12-3-1-2-4-13-25/h5-11,14H,1-4,12-13H2,(H2,23,24,26,28). The van der Waals surface area contributed by atoms with Crippen molar-refractivity contribution in [2.24, 2.45) is 0 Å². The molecule has 2 aromatic rings. The topological polar surface area (TPSA) is 61.4 Å². The first-order valence-electron chi connectivity index (χ1n) is 9.30. The Morgan fingerprint density at radius 3 is 2.29 bits per heavy atom. The molecule has 1 aliphatic rings. The van der Waals surface area contributed by atoms with E-state index in [0.717, 1.165) is 38.8 Å². The zero-order chi connectivity index (χ0) is 19.9. The van der Waals surface area contributed by atoms with Crippen molar-refractivity contribution in [3.8, 4) is 0 Å². The van der Waals surface area contributed by atoms with Crippen LogP contribution in [0, 0.1) is 5.82 Å². The molecule has 28 heavy (non-hydrogen) atoms. The van der Waals surface area contributed by atoms with Gasteiger partial charge in [0.1, 0.15) is 5.82 Å². The van der Waals surface area contributed by atoms with Crippen molar-refractivity contribution in [1.82, 2.24) is 10.2 Å². The van der Waals surface area contributed by atoms with E-state index < -0.39 is 11.7 Å². The van der Waals surface area contributed by atoms with Crippen LogP contribution in [0.5, 0.6) is 0 Å². The lowest BCUT2D eigenvalue weighted by molar-refractivity contribution is 0.0761. The van der Waals surface area contributed by atoms with E-state index in [-0.39, 0.29) is 11.0 Å². The largest absolute Gasteiger partial charge is 0.339 e. The minimum absolute atomic E-state index is 0.00631. The third kappa shape index (κ3) is 5.36. The number of rotatable bonds is 3. The Balaban J connectivity index is 1.61. The van der Waals surface area contributed by atoms with Crippen LogP contribution in [-0.2, 0) is 0 Å². The number of carbonyl (C=O) groups excluding carboxylic acids is 2. The normalized spacial score (nSPS) is 14.1. The van der Waals surface area contributed by atoms with Crippen LogP contribution in [0.2, 0.25) is 0 Å². The van der Waals surface area contributed by atoms with Crippen molar-refractivity contribution in [3.63, 3.8) is 0 Å². The van der Waals surface area contributed by atoms with Gasteiger partial charge in [0.2, 0.25) is 0 Å². The van der Waals surface area contributed by atoms with Gasteiger partial charge in [0.25, 0.3) is 11.8 Å². The highest BCUT2D eigenvalue weighted by molar-refractivity contribution is 7.80. The molecule has 0 saturated carbocycles. The van der Waals surface area contributed by atoms with Crippen molar-refractivity contribution >= 4 is 34.8 Å². The van der Waals surface area contributed by atoms with E-state index in [1.165, 1.54) is 24.3 Å². The van der Waals surface area contributed by atoms with E-state index in [0.29, 0.717) is 16.8 Å². The van der Waals surface area contributed by atoms with E-state index in [2.05, 4.69) is 10.6 Å². The second-order valence-electron chi connectivity index (χ2n) is 6.70. The molecule has 2 N–H and O–H groups in total. The van der Waals surface area contributed by atoms with Crippen LogP contribution in [0.1, 0.15) is 46.4 Å². The number of thiocarbonyl (C=S) groups is 1. The average molecular weight is 399 g/mol. The van der Waals surface area contributed by atoms with E-state index >= 15 is 0 Å². The molecule has 1 fully saturated rings. The maximum Gasteiger partial charge on any atom is 0.257 e. The SMILES string of the molecule is O=C(NC(=S)Nc1cccc(C(=O)N2CCCCCC2)c1)c1ccc(F)cc1. The first-order chi connectivity index (χ1) is 13.5. The van der Waals surface area contributed by atoms with E-state index in [4.69, 9.17) is 12.2 Å². The molecule has 146 valence electrons. The Labute approximate surface area is 168 Å². The van der Waals surface area contributed by atoms with Crippen LogP contribution in [0.25, 0.3) is 0 Å². The summed E-state index contributed by atoms with van der Waals surface area (Å²) in [4.78, 5) is 26.8. The minimum Gasteiger partial charge on any atom is -0.339 e. The molecule has 5 nitrogen and oxygen atoms in total. The minimum atomic E-state index is -0.436. The van der Waals surface area contributed by atoms with Crippen molar-refractivity contribution in [2.45, 2.75) is 25.7 Å². The molecule has 0 atom stereocenters. The lowest BCUT2D eigenvalue weighted by Crippen LogP contribution is -2.34. The second kappa shape index (κ2) is 9.41. The summed E-state index contributed by atoms with van der Waals surface area (Å²) < 4.78 is 13.0. The summed E-state index contributed by atoms with van der Waals surface area (Å²) in [5.74, 6) is -0.843. The molecule has 2 aromatic carbocycles. The molecule has 0 radical (unpaired) electrons. The van der Waals surface area contributed by atoms with Crippen LogP contribution in [0.4, 0.5) is 10.1 Å². The summed E-state index contributed by atoms with van der Waals surface area (Å²) in [5.41, 5.74) is 1.50. The molecule has 1 saturated heterocycles. The average Bonchev–Trinajstić information content (AvgIpc) is 2.97. The molecular formula is C21H22FN3O2S. The quantitative estimate of drug-likeness (QED) is 0.767. The van der Waals surface area contributed by atoms with Gasteiger partial charge in [0.15, 0.2) is 5.11 Å². The van der Waals surface area contributed by atoms with Gasteiger partial charge in [-0.2, -0.15) is 0 Å². The first kappa shape index (κ1) is 19.9. The van der Waals surface area contributed by atoms with Crippen LogP contribution in [0.15, 0.2) is 48.5 Å². The van der Waals surface area contributed by atoms with Crippen molar-refractivity contribution < 1.29 is 14.0 Å². The number of carbonyl (C=O) groups is 2. The number of nitrogens with one attached hydrogen (secondary N) is 2. The summed E-state index contributed by atoms with van der Waals surface area (Å²) in [7, 11) is 0. The van der Waals surface area contributed by atoms with Gasteiger partial charge in [-0.15, -0.1) is 0 Å². The van der Waals surface area contributed by atoms with Gasteiger partial charge in [0, 0.05) is 29.9 Å². The number of amides is 2. The summed E-state index contributed by atoms with van der Waals surface area (Å²) in [6.45, 7) is 1.56. The highest BCUT2D eigenvalue weighted by Crippen LogP contribution is 2.16. The van der Waals surface area contributed by atoms with Gasteiger partial charge in [-0.3, -0.25) is 14.9 Å². The molecule has 0 aliphatic carbocycles. The van der Waals surface area contributed by atoms with E-state index in [9.17, 15) is 14.0 Å². The van der Waals surface area contributed by atoms with Gasteiger partial charge >= 0.3 is 0 Å². The zero-order valence-electron chi connectivity index (χ0n) is 15.4. The van der Waals surface area contributed by atoms with Gasteiger partial charge in [-0.1, -0.05) is 18.9 Å². The molecule has 0 bridgehead atoms. The van der Waals surface area contributed by atoms with E-state index in [1.54, 1.807) is 24.3 Å². The highest BCUT2D eigenvalue weighted by Gasteiger charge is 2.17. The lowest BCUT2D eigenvalue weighted by Gasteiger charge is -2.20. The molecular weight excluding hydrogens is 377 g/mol. The molecule has 1 heterocycles.